The first-order valence-electron chi connectivity index (χ1n) is 9.45. The highest BCUT2D eigenvalue weighted by Crippen LogP contribution is 2.41. The van der Waals surface area contributed by atoms with Gasteiger partial charge >= 0.3 is 5.97 Å². The van der Waals surface area contributed by atoms with Gasteiger partial charge in [0.05, 0.1) is 0 Å². The number of fused-ring (bicyclic) bond motifs is 1. The highest BCUT2D eigenvalue weighted by Gasteiger charge is 2.54. The van der Waals surface area contributed by atoms with Crippen LogP contribution in [0.15, 0.2) is 45.0 Å². The number of carbonyl (C=O) groups is 3. The summed E-state index contributed by atoms with van der Waals surface area (Å²) in [4.78, 5) is 38.6. The number of aromatic nitrogens is 2. The Morgan fingerprint density at radius 1 is 1.36 bits per heavy atom. The summed E-state index contributed by atoms with van der Waals surface area (Å²) in [5.41, 5.74) is 0.271. The van der Waals surface area contributed by atoms with Crippen LogP contribution in [0.1, 0.15) is 10.6 Å². The maximum atomic E-state index is 12.8. The summed E-state index contributed by atoms with van der Waals surface area (Å²) in [7, 11) is 0. The van der Waals surface area contributed by atoms with Crippen molar-refractivity contribution in [3.8, 4) is 5.75 Å². The number of aliphatic carboxylic acids is 1. The number of nitrogens with zero attached hydrogens (tertiary/aromatic N) is 4. The van der Waals surface area contributed by atoms with Gasteiger partial charge in [-0.3, -0.25) is 14.5 Å². The van der Waals surface area contributed by atoms with E-state index in [2.05, 4.69) is 20.7 Å². The molecule has 4 rings (SSSR count). The number of oxime groups is 1. The molecule has 1 unspecified atom stereocenters. The molecule has 0 aliphatic carbocycles. The lowest BCUT2D eigenvalue weighted by Gasteiger charge is -2.49. The van der Waals surface area contributed by atoms with Crippen LogP contribution in [0.3, 0.4) is 0 Å². The lowest BCUT2D eigenvalue weighted by molar-refractivity contribution is -0.150. The van der Waals surface area contributed by atoms with Gasteiger partial charge < -0.3 is 20.7 Å². The Morgan fingerprint density at radius 2 is 2.15 bits per heavy atom. The molecule has 14 heteroatoms. The Balaban J connectivity index is 1.48. The van der Waals surface area contributed by atoms with Crippen molar-refractivity contribution < 1.29 is 29.8 Å². The summed E-state index contributed by atoms with van der Waals surface area (Å²) >= 11 is 4.09. The fourth-order valence-corrected chi connectivity index (χ4v) is 6.68. The average Bonchev–Trinajstić information content (AvgIpc) is 3.20. The molecule has 0 spiro atoms. The molecule has 1 aromatic heterocycles. The zero-order valence-electron chi connectivity index (χ0n) is 17.0. The lowest BCUT2D eigenvalue weighted by Crippen LogP contribution is -2.71. The standard InChI is InChI=1S/C19H17N5O6S3/c1-8-21-22-19(33-8)32-7-10-6-31-17-13(16(27)24(17)14(10)18(28)29)20-15(26)12(23-30)9-3-2-4-11(25)5-9/h2-5,13,17,25,30H,6-7H2,1H3,(H,20,26)(H,28,29)/t13?,17-/m1/s1. The van der Waals surface area contributed by atoms with Gasteiger partial charge in [0.2, 0.25) is 0 Å². The van der Waals surface area contributed by atoms with Crippen LogP contribution in [-0.2, 0) is 14.4 Å². The van der Waals surface area contributed by atoms with E-state index in [-0.39, 0.29) is 22.7 Å². The third kappa shape index (κ3) is 4.54. The largest absolute Gasteiger partial charge is 0.508 e. The molecular formula is C19H17N5O6S3. The third-order valence-corrected chi connectivity index (χ3v) is 8.25. The van der Waals surface area contributed by atoms with Crippen molar-refractivity contribution in [1.29, 1.82) is 0 Å². The SMILES string of the molecule is Cc1nnc(SCC2=C(C(=O)O)N3C(=O)C(NC(=O)C(=NO)c4cccc(O)c4)[C@H]3SC2)s1. The van der Waals surface area contributed by atoms with Crippen molar-refractivity contribution in [2.75, 3.05) is 11.5 Å². The fraction of sp³-hybridized carbons (Fsp3) is 0.263. The second kappa shape index (κ2) is 9.41. The van der Waals surface area contributed by atoms with Crippen molar-refractivity contribution in [3.63, 3.8) is 0 Å². The maximum Gasteiger partial charge on any atom is 0.352 e. The number of thioether (sulfide) groups is 2. The number of rotatable bonds is 7. The number of carbonyl (C=O) groups excluding carboxylic acids is 2. The van der Waals surface area contributed by atoms with E-state index in [0.29, 0.717) is 21.4 Å². The Hall–Kier alpha value is -3.10. The number of benzene rings is 1. The molecule has 2 aromatic rings. The molecule has 0 saturated carbocycles. The molecule has 1 saturated heterocycles. The molecule has 2 aliphatic rings. The van der Waals surface area contributed by atoms with Gasteiger partial charge in [0.1, 0.15) is 27.9 Å². The van der Waals surface area contributed by atoms with E-state index >= 15 is 0 Å². The molecule has 1 fully saturated rings. The van der Waals surface area contributed by atoms with Crippen molar-refractivity contribution in [2.45, 2.75) is 22.7 Å². The van der Waals surface area contributed by atoms with E-state index in [1.54, 1.807) is 0 Å². The predicted molar refractivity (Wildman–Crippen MR) is 121 cm³/mol. The number of aryl methyl sites for hydroxylation is 1. The monoisotopic (exact) mass is 507 g/mol. The minimum atomic E-state index is -1.22. The molecule has 0 bridgehead atoms. The van der Waals surface area contributed by atoms with Gasteiger partial charge in [0.25, 0.3) is 11.8 Å². The van der Waals surface area contributed by atoms with Crippen LogP contribution >= 0.6 is 34.9 Å². The Labute approximate surface area is 199 Å². The molecular weight excluding hydrogens is 490 g/mol. The molecule has 2 aliphatic heterocycles. The van der Waals surface area contributed by atoms with E-state index in [0.717, 1.165) is 5.01 Å². The molecule has 1 aromatic carbocycles. The summed E-state index contributed by atoms with van der Waals surface area (Å²) in [5.74, 6) is -2.03. The molecule has 172 valence electrons. The number of hydrogen-bond acceptors (Lipinski definition) is 11. The molecule has 3 heterocycles. The number of β-lactam (4-membered cyclic amide) rings is 1. The molecule has 2 atom stereocenters. The quantitative estimate of drug-likeness (QED) is 0.141. The summed E-state index contributed by atoms with van der Waals surface area (Å²) < 4.78 is 0.708. The molecule has 4 N–H and O–H groups in total. The lowest BCUT2D eigenvalue weighted by atomic mass is 10.0. The summed E-state index contributed by atoms with van der Waals surface area (Å²) in [6.07, 6.45) is 0. The van der Waals surface area contributed by atoms with Gasteiger partial charge in [0.15, 0.2) is 10.1 Å². The third-order valence-electron chi connectivity index (χ3n) is 4.85. The fourth-order valence-electron chi connectivity index (χ4n) is 3.38. The van der Waals surface area contributed by atoms with E-state index in [1.165, 1.54) is 64.0 Å². The van der Waals surface area contributed by atoms with Crippen LogP contribution < -0.4 is 5.32 Å². The first-order chi connectivity index (χ1) is 15.8. The van der Waals surface area contributed by atoms with Crippen molar-refractivity contribution in [1.82, 2.24) is 20.4 Å². The maximum absolute atomic E-state index is 12.8. The van der Waals surface area contributed by atoms with E-state index in [9.17, 15) is 29.8 Å². The van der Waals surface area contributed by atoms with Crippen LogP contribution in [0, 0.1) is 6.92 Å². The van der Waals surface area contributed by atoms with E-state index in [1.807, 2.05) is 6.92 Å². The zero-order valence-corrected chi connectivity index (χ0v) is 19.4. The number of phenols is 1. The average molecular weight is 508 g/mol. The Morgan fingerprint density at radius 3 is 2.79 bits per heavy atom. The number of hydrogen-bond donors (Lipinski definition) is 4. The van der Waals surface area contributed by atoms with Gasteiger partial charge in [-0.1, -0.05) is 40.4 Å². The first kappa shape index (κ1) is 23.1. The molecule has 33 heavy (non-hydrogen) atoms. The van der Waals surface area contributed by atoms with E-state index in [4.69, 9.17) is 0 Å². The summed E-state index contributed by atoms with van der Waals surface area (Å²) in [5, 5.41) is 42.3. The van der Waals surface area contributed by atoms with Gasteiger partial charge in [-0.2, -0.15) is 0 Å². The number of aromatic hydroxyl groups is 1. The molecule has 0 radical (unpaired) electrons. The van der Waals surface area contributed by atoms with Crippen LogP contribution in [-0.4, -0.2) is 76.9 Å². The van der Waals surface area contributed by atoms with Crippen molar-refractivity contribution >= 4 is 58.4 Å². The molecule has 11 nitrogen and oxygen atoms in total. The van der Waals surface area contributed by atoms with Crippen LogP contribution in [0.4, 0.5) is 0 Å². The number of carboxylic acids is 1. The van der Waals surface area contributed by atoms with Crippen LogP contribution in [0.25, 0.3) is 0 Å². The van der Waals surface area contributed by atoms with Gasteiger partial charge in [0, 0.05) is 17.1 Å². The summed E-state index contributed by atoms with van der Waals surface area (Å²) in [6, 6.07) is 4.60. The second-order valence-corrected chi connectivity index (χ2v) is 10.5. The van der Waals surface area contributed by atoms with Gasteiger partial charge in [-0.05, 0) is 24.6 Å². The van der Waals surface area contributed by atoms with Gasteiger partial charge in [-0.15, -0.1) is 22.0 Å². The normalized spacial score (nSPS) is 20.3. The smallest absolute Gasteiger partial charge is 0.352 e. The zero-order chi connectivity index (χ0) is 23.7. The Bertz CT molecular complexity index is 1200. The van der Waals surface area contributed by atoms with Gasteiger partial charge in [-0.25, -0.2) is 4.79 Å². The minimum Gasteiger partial charge on any atom is -0.508 e. The van der Waals surface area contributed by atoms with Crippen LogP contribution in [0.2, 0.25) is 0 Å². The first-order valence-corrected chi connectivity index (χ1v) is 12.3. The predicted octanol–water partition coefficient (Wildman–Crippen LogP) is 1.26. The van der Waals surface area contributed by atoms with Crippen molar-refractivity contribution in [2.24, 2.45) is 5.16 Å². The van der Waals surface area contributed by atoms with Crippen LogP contribution in [0.5, 0.6) is 5.75 Å². The van der Waals surface area contributed by atoms with Crippen molar-refractivity contribution in [3.05, 3.63) is 46.1 Å². The topological polar surface area (TPSA) is 165 Å². The highest BCUT2D eigenvalue weighted by molar-refractivity contribution is 8.01. The molecule has 2 amide bonds. The Kier molecular flexibility index (Phi) is 6.58. The number of carboxylic acid groups (broad SMARTS) is 1. The number of phenolic OH excluding ortho intramolecular Hbond substituents is 1. The second-order valence-electron chi connectivity index (χ2n) is 6.99. The van der Waals surface area contributed by atoms with E-state index < -0.39 is 29.2 Å². The highest BCUT2D eigenvalue weighted by atomic mass is 32.2. The number of nitrogens with one attached hydrogen (secondary N) is 1. The summed E-state index contributed by atoms with van der Waals surface area (Å²) in [6.45, 7) is 1.82. The minimum absolute atomic E-state index is 0.0907. The number of amides is 2.